The van der Waals surface area contributed by atoms with E-state index >= 15 is 0 Å². The fourth-order valence-electron chi connectivity index (χ4n) is 2.17. The Hall–Kier alpha value is -1.11. The van der Waals surface area contributed by atoms with Crippen LogP contribution in [0.5, 0.6) is 5.75 Å². The summed E-state index contributed by atoms with van der Waals surface area (Å²) in [6.45, 7) is 4.20. The van der Waals surface area contributed by atoms with E-state index < -0.39 is 9.84 Å². The van der Waals surface area contributed by atoms with Crippen molar-refractivity contribution in [3.8, 4) is 5.75 Å². The summed E-state index contributed by atoms with van der Waals surface area (Å²) >= 11 is 0. The molecule has 0 bridgehead atoms. The lowest BCUT2D eigenvalue weighted by molar-refractivity contribution is -0.118. The zero-order valence-electron chi connectivity index (χ0n) is 12.1. The zero-order chi connectivity index (χ0) is 14.8. The maximum absolute atomic E-state index is 11.6. The maximum atomic E-state index is 11.6. The lowest BCUT2D eigenvalue weighted by Gasteiger charge is -2.29. The highest BCUT2D eigenvalue weighted by molar-refractivity contribution is 7.90. The smallest absolute Gasteiger partial charge is 0.213 e. The molecular weight excluding hydrogens is 278 g/mol. The van der Waals surface area contributed by atoms with Gasteiger partial charge in [-0.05, 0) is 32.1 Å². The molecule has 0 saturated heterocycles. The van der Waals surface area contributed by atoms with Crippen molar-refractivity contribution in [1.29, 1.82) is 0 Å². The van der Waals surface area contributed by atoms with Crippen LogP contribution < -0.4 is 4.74 Å². The van der Waals surface area contributed by atoms with E-state index in [1.54, 1.807) is 18.2 Å². The number of hydrogen-bond acceptors (Lipinski definition) is 5. The standard InChI is InChI=1S/C14H21NO4S/c1-4-7-15(2)9-14-18-10-11-5-6-12(20(3,16)17)8-13(11)19-14/h5-6,8,14H,4,7,9-10H2,1-3H3. The number of likely N-dealkylation sites (N-methyl/N-ethyl adjacent to an activating group) is 1. The normalized spacial score (nSPS) is 18.7. The first-order valence-electron chi connectivity index (χ1n) is 6.70. The van der Waals surface area contributed by atoms with Crippen LogP contribution in [0.25, 0.3) is 0 Å². The van der Waals surface area contributed by atoms with E-state index in [1.165, 1.54) is 6.26 Å². The summed E-state index contributed by atoms with van der Waals surface area (Å²) in [5.41, 5.74) is 0.881. The van der Waals surface area contributed by atoms with Crippen LogP contribution in [-0.2, 0) is 21.2 Å². The van der Waals surface area contributed by atoms with Crippen molar-refractivity contribution < 1.29 is 17.9 Å². The van der Waals surface area contributed by atoms with E-state index in [0.29, 0.717) is 18.9 Å². The molecule has 1 aliphatic rings. The Kier molecular flexibility index (Phi) is 4.67. The molecule has 0 radical (unpaired) electrons. The molecule has 112 valence electrons. The number of ether oxygens (including phenoxy) is 2. The van der Waals surface area contributed by atoms with Crippen molar-refractivity contribution in [2.75, 3.05) is 26.4 Å². The third-order valence-corrected chi connectivity index (χ3v) is 4.33. The molecule has 1 aliphatic heterocycles. The number of nitrogens with zero attached hydrogens (tertiary/aromatic N) is 1. The molecule has 1 unspecified atom stereocenters. The van der Waals surface area contributed by atoms with Gasteiger partial charge in [-0.1, -0.05) is 13.0 Å². The minimum absolute atomic E-state index is 0.277. The van der Waals surface area contributed by atoms with Crippen molar-refractivity contribution in [1.82, 2.24) is 4.90 Å². The summed E-state index contributed by atoms with van der Waals surface area (Å²) in [5, 5.41) is 0. The number of hydrogen-bond donors (Lipinski definition) is 0. The highest BCUT2D eigenvalue weighted by Crippen LogP contribution is 2.29. The molecule has 20 heavy (non-hydrogen) atoms. The first-order valence-corrected chi connectivity index (χ1v) is 8.59. The molecule has 0 fully saturated rings. The highest BCUT2D eigenvalue weighted by atomic mass is 32.2. The fourth-order valence-corrected chi connectivity index (χ4v) is 2.81. The Morgan fingerprint density at radius 1 is 1.40 bits per heavy atom. The molecule has 1 atom stereocenters. The van der Waals surface area contributed by atoms with Crippen molar-refractivity contribution in [3.05, 3.63) is 23.8 Å². The second kappa shape index (κ2) is 6.11. The summed E-state index contributed by atoms with van der Waals surface area (Å²) in [6, 6.07) is 4.92. The van der Waals surface area contributed by atoms with Gasteiger partial charge in [0.1, 0.15) is 5.75 Å². The minimum Gasteiger partial charge on any atom is -0.463 e. The molecule has 1 aromatic rings. The van der Waals surface area contributed by atoms with Gasteiger partial charge < -0.3 is 14.4 Å². The van der Waals surface area contributed by atoms with Gasteiger partial charge in [-0.25, -0.2) is 8.42 Å². The molecule has 6 heteroatoms. The molecule has 0 spiro atoms. The molecule has 1 heterocycles. The summed E-state index contributed by atoms with van der Waals surface area (Å²) in [5.74, 6) is 0.606. The van der Waals surface area contributed by atoms with Gasteiger partial charge in [0.15, 0.2) is 9.84 Å². The van der Waals surface area contributed by atoms with Gasteiger partial charge >= 0.3 is 0 Å². The summed E-state index contributed by atoms with van der Waals surface area (Å²) in [6.07, 6.45) is 1.91. The molecule has 0 saturated carbocycles. The van der Waals surface area contributed by atoms with Gasteiger partial charge in [-0.3, -0.25) is 0 Å². The van der Waals surface area contributed by atoms with E-state index in [0.717, 1.165) is 18.5 Å². The molecule has 2 rings (SSSR count). The molecule has 5 nitrogen and oxygen atoms in total. The first-order chi connectivity index (χ1) is 9.40. The second-order valence-electron chi connectivity index (χ2n) is 5.16. The Morgan fingerprint density at radius 2 is 2.15 bits per heavy atom. The Bertz CT molecular complexity index is 571. The summed E-state index contributed by atoms with van der Waals surface area (Å²) in [4.78, 5) is 2.41. The van der Waals surface area contributed by atoms with E-state index in [4.69, 9.17) is 9.47 Å². The van der Waals surface area contributed by atoms with Crippen LogP contribution in [0.4, 0.5) is 0 Å². The highest BCUT2D eigenvalue weighted by Gasteiger charge is 2.22. The van der Waals surface area contributed by atoms with Crippen LogP contribution in [0, 0.1) is 0 Å². The van der Waals surface area contributed by atoms with Crippen molar-refractivity contribution >= 4 is 9.84 Å². The van der Waals surface area contributed by atoms with Gasteiger partial charge in [0.2, 0.25) is 6.29 Å². The molecule has 0 N–H and O–H groups in total. The van der Waals surface area contributed by atoms with Crippen LogP contribution in [0.15, 0.2) is 23.1 Å². The van der Waals surface area contributed by atoms with Crippen LogP contribution in [0.2, 0.25) is 0 Å². The van der Waals surface area contributed by atoms with E-state index in [9.17, 15) is 8.42 Å². The Labute approximate surface area is 120 Å². The van der Waals surface area contributed by atoms with Gasteiger partial charge in [-0.15, -0.1) is 0 Å². The molecule has 0 aromatic heterocycles. The van der Waals surface area contributed by atoms with Gasteiger partial charge in [-0.2, -0.15) is 0 Å². The monoisotopic (exact) mass is 299 g/mol. The van der Waals surface area contributed by atoms with Crippen LogP contribution in [-0.4, -0.2) is 46.0 Å². The van der Waals surface area contributed by atoms with Crippen molar-refractivity contribution in [3.63, 3.8) is 0 Å². The zero-order valence-corrected chi connectivity index (χ0v) is 12.9. The largest absolute Gasteiger partial charge is 0.463 e. The predicted molar refractivity (Wildman–Crippen MR) is 76.5 cm³/mol. The SMILES string of the molecule is CCCN(C)CC1OCc2ccc(S(C)(=O)=O)cc2O1. The minimum atomic E-state index is -3.22. The number of fused-ring (bicyclic) bond motifs is 1. The van der Waals surface area contributed by atoms with E-state index in [-0.39, 0.29) is 11.2 Å². The van der Waals surface area contributed by atoms with Gasteiger partial charge in [0, 0.05) is 11.8 Å². The third-order valence-electron chi connectivity index (χ3n) is 3.22. The van der Waals surface area contributed by atoms with Gasteiger partial charge in [0.05, 0.1) is 18.0 Å². The van der Waals surface area contributed by atoms with Gasteiger partial charge in [0.25, 0.3) is 0 Å². The van der Waals surface area contributed by atoms with Crippen LogP contribution >= 0.6 is 0 Å². The summed E-state index contributed by atoms with van der Waals surface area (Å²) in [7, 11) is -1.20. The maximum Gasteiger partial charge on any atom is 0.213 e. The average Bonchev–Trinajstić information content (AvgIpc) is 2.37. The average molecular weight is 299 g/mol. The lowest BCUT2D eigenvalue weighted by atomic mass is 10.2. The van der Waals surface area contributed by atoms with Crippen molar-refractivity contribution in [2.45, 2.75) is 31.1 Å². The van der Waals surface area contributed by atoms with E-state index in [1.807, 2.05) is 7.05 Å². The third kappa shape index (κ3) is 3.71. The molecular formula is C14H21NO4S. The molecule has 0 amide bonds. The lowest BCUT2D eigenvalue weighted by Crippen LogP contribution is -2.37. The second-order valence-corrected chi connectivity index (χ2v) is 7.18. The quantitative estimate of drug-likeness (QED) is 0.828. The number of benzene rings is 1. The number of sulfone groups is 1. The first kappa shape index (κ1) is 15.3. The summed E-state index contributed by atoms with van der Waals surface area (Å²) < 4.78 is 34.5. The van der Waals surface area contributed by atoms with E-state index in [2.05, 4.69) is 11.8 Å². The molecule has 1 aromatic carbocycles. The van der Waals surface area contributed by atoms with Crippen molar-refractivity contribution in [2.24, 2.45) is 0 Å². The molecule has 0 aliphatic carbocycles. The predicted octanol–water partition coefficient (Wildman–Crippen LogP) is 1.67. The van der Waals surface area contributed by atoms with Crippen LogP contribution in [0.1, 0.15) is 18.9 Å². The topological polar surface area (TPSA) is 55.8 Å². The Balaban J connectivity index is 2.12. The van der Waals surface area contributed by atoms with Crippen LogP contribution in [0.3, 0.4) is 0 Å². The fraction of sp³-hybridized carbons (Fsp3) is 0.571. The number of rotatable bonds is 5. The Morgan fingerprint density at radius 3 is 2.80 bits per heavy atom.